The van der Waals surface area contributed by atoms with E-state index in [-0.39, 0.29) is 11.8 Å². The van der Waals surface area contributed by atoms with Gasteiger partial charge in [0, 0.05) is 6.54 Å². The van der Waals surface area contributed by atoms with E-state index in [1.165, 1.54) is 0 Å². The highest BCUT2D eigenvalue weighted by Crippen LogP contribution is 2.58. The molecule has 0 radical (unpaired) electrons. The van der Waals surface area contributed by atoms with Crippen LogP contribution in [0.25, 0.3) is 0 Å². The van der Waals surface area contributed by atoms with Gasteiger partial charge in [0.05, 0.1) is 11.8 Å². The molecule has 2 N–H and O–H groups in total. The second-order valence-corrected chi connectivity index (χ2v) is 6.17. The maximum atomic E-state index is 12.1. The molecule has 1 unspecified atom stereocenters. The zero-order valence-corrected chi connectivity index (χ0v) is 12.1. The normalized spacial score (nSPS) is 24.8. The van der Waals surface area contributed by atoms with E-state index < -0.39 is 23.2 Å². The van der Waals surface area contributed by atoms with Crippen molar-refractivity contribution in [2.45, 2.75) is 26.7 Å². The Hall–Kier alpha value is -1.84. The second-order valence-electron chi connectivity index (χ2n) is 6.17. The van der Waals surface area contributed by atoms with E-state index in [1.807, 2.05) is 51.1 Å². The summed E-state index contributed by atoms with van der Waals surface area (Å²) in [4.78, 5) is 23.2. The molecule has 1 aromatic rings. The number of carboxylic acids is 1. The van der Waals surface area contributed by atoms with E-state index in [0.717, 1.165) is 5.56 Å². The Bertz CT molecular complexity index is 510. The van der Waals surface area contributed by atoms with Crippen LogP contribution in [0.15, 0.2) is 30.3 Å². The van der Waals surface area contributed by atoms with Gasteiger partial charge in [-0.1, -0.05) is 51.1 Å². The van der Waals surface area contributed by atoms with Crippen LogP contribution in [0.3, 0.4) is 0 Å². The highest BCUT2D eigenvalue weighted by Gasteiger charge is 2.65. The Labute approximate surface area is 119 Å². The summed E-state index contributed by atoms with van der Waals surface area (Å²) in [5.74, 6) is -1.79. The highest BCUT2D eigenvalue weighted by atomic mass is 16.4. The van der Waals surface area contributed by atoms with Gasteiger partial charge >= 0.3 is 5.97 Å². The van der Waals surface area contributed by atoms with Gasteiger partial charge in [-0.25, -0.2) is 0 Å². The van der Waals surface area contributed by atoms with Gasteiger partial charge in [0.25, 0.3) is 0 Å². The minimum absolute atomic E-state index is 0.148. The van der Waals surface area contributed by atoms with E-state index in [0.29, 0.717) is 6.54 Å². The lowest BCUT2D eigenvalue weighted by molar-refractivity contribution is -0.140. The first-order valence-electron chi connectivity index (χ1n) is 6.91. The van der Waals surface area contributed by atoms with E-state index in [9.17, 15) is 9.59 Å². The molecule has 0 spiro atoms. The molecule has 20 heavy (non-hydrogen) atoms. The maximum absolute atomic E-state index is 12.1. The number of aliphatic carboxylic acids is 1. The van der Waals surface area contributed by atoms with Gasteiger partial charge in [-0.15, -0.1) is 0 Å². The molecule has 1 aromatic carbocycles. The quantitative estimate of drug-likeness (QED) is 0.866. The third kappa shape index (κ3) is 2.69. The number of rotatable bonds is 5. The lowest BCUT2D eigenvalue weighted by Gasteiger charge is -2.13. The molecule has 2 rings (SSSR count). The number of amides is 1. The summed E-state index contributed by atoms with van der Waals surface area (Å²) in [6.07, 6.45) is 0. The number of carbonyl (C=O) groups excluding carboxylic acids is 1. The molecule has 4 heteroatoms. The minimum Gasteiger partial charge on any atom is -0.481 e. The average molecular weight is 275 g/mol. The highest BCUT2D eigenvalue weighted by molar-refractivity contribution is 5.91. The lowest BCUT2D eigenvalue weighted by atomic mass is 10.0. The Morgan fingerprint density at radius 1 is 1.25 bits per heavy atom. The van der Waals surface area contributed by atoms with Gasteiger partial charge in [0.15, 0.2) is 0 Å². The van der Waals surface area contributed by atoms with Crippen LogP contribution in [0.1, 0.15) is 32.3 Å². The third-order valence-corrected chi connectivity index (χ3v) is 4.33. The van der Waals surface area contributed by atoms with Crippen LogP contribution in [0, 0.1) is 17.3 Å². The van der Waals surface area contributed by atoms with Gasteiger partial charge in [0.2, 0.25) is 5.91 Å². The largest absolute Gasteiger partial charge is 0.481 e. The fourth-order valence-corrected chi connectivity index (χ4v) is 2.85. The molecule has 0 saturated heterocycles. The van der Waals surface area contributed by atoms with Crippen molar-refractivity contribution >= 4 is 11.9 Å². The molecular formula is C16H21NO3. The molecule has 1 fully saturated rings. The van der Waals surface area contributed by atoms with Crippen molar-refractivity contribution in [3.8, 4) is 0 Å². The van der Waals surface area contributed by atoms with E-state index >= 15 is 0 Å². The average Bonchev–Trinajstić information content (AvgIpc) is 3.00. The predicted molar refractivity (Wildman–Crippen MR) is 76.3 cm³/mol. The van der Waals surface area contributed by atoms with Gasteiger partial charge < -0.3 is 10.4 Å². The van der Waals surface area contributed by atoms with E-state index in [4.69, 9.17) is 5.11 Å². The molecule has 0 aliphatic heterocycles. The number of hydrogen-bond donors (Lipinski definition) is 2. The summed E-state index contributed by atoms with van der Waals surface area (Å²) in [7, 11) is 0. The Morgan fingerprint density at radius 2 is 1.85 bits per heavy atom. The van der Waals surface area contributed by atoms with Gasteiger partial charge in [-0.3, -0.25) is 9.59 Å². The summed E-state index contributed by atoms with van der Waals surface area (Å²) in [5.41, 5.74) is 0.726. The first kappa shape index (κ1) is 14.6. The van der Waals surface area contributed by atoms with Crippen molar-refractivity contribution in [3.05, 3.63) is 35.9 Å². The van der Waals surface area contributed by atoms with Gasteiger partial charge in [-0.05, 0) is 16.9 Å². The SMILES string of the molecule is CC(CNC(=O)[C@@H]1[C@H](C(=O)O)C1(C)C)c1ccccc1. The summed E-state index contributed by atoms with van der Waals surface area (Å²) >= 11 is 0. The molecule has 4 nitrogen and oxygen atoms in total. The Morgan fingerprint density at radius 3 is 2.35 bits per heavy atom. The molecule has 1 saturated carbocycles. The van der Waals surface area contributed by atoms with Crippen LogP contribution in [-0.4, -0.2) is 23.5 Å². The van der Waals surface area contributed by atoms with Crippen molar-refractivity contribution in [2.75, 3.05) is 6.54 Å². The van der Waals surface area contributed by atoms with Crippen LogP contribution in [0.4, 0.5) is 0 Å². The molecule has 1 amide bonds. The summed E-state index contributed by atoms with van der Waals surface area (Å²) in [6.45, 7) is 6.23. The zero-order valence-electron chi connectivity index (χ0n) is 12.1. The summed E-state index contributed by atoms with van der Waals surface area (Å²) in [5, 5.41) is 12.0. The van der Waals surface area contributed by atoms with Crippen LogP contribution < -0.4 is 5.32 Å². The second kappa shape index (κ2) is 5.27. The minimum atomic E-state index is -0.883. The Kier molecular flexibility index (Phi) is 3.84. The van der Waals surface area contributed by atoms with Crippen molar-refractivity contribution < 1.29 is 14.7 Å². The molecule has 1 aliphatic carbocycles. The van der Waals surface area contributed by atoms with Crippen LogP contribution in [-0.2, 0) is 9.59 Å². The van der Waals surface area contributed by atoms with Crippen LogP contribution in [0.2, 0.25) is 0 Å². The van der Waals surface area contributed by atoms with Crippen molar-refractivity contribution in [1.29, 1.82) is 0 Å². The Balaban J connectivity index is 1.89. The number of nitrogens with one attached hydrogen (secondary N) is 1. The molecule has 0 aromatic heterocycles. The fourth-order valence-electron chi connectivity index (χ4n) is 2.85. The monoisotopic (exact) mass is 275 g/mol. The van der Waals surface area contributed by atoms with Crippen LogP contribution in [0.5, 0.6) is 0 Å². The maximum Gasteiger partial charge on any atom is 0.307 e. The summed E-state index contributed by atoms with van der Waals surface area (Å²) in [6, 6.07) is 9.95. The predicted octanol–water partition coefficient (Wildman–Crippen LogP) is 2.26. The van der Waals surface area contributed by atoms with Gasteiger partial charge in [0.1, 0.15) is 0 Å². The fraction of sp³-hybridized carbons (Fsp3) is 0.500. The van der Waals surface area contributed by atoms with Crippen LogP contribution >= 0.6 is 0 Å². The molecular weight excluding hydrogens is 254 g/mol. The van der Waals surface area contributed by atoms with E-state index in [1.54, 1.807) is 0 Å². The van der Waals surface area contributed by atoms with Crippen molar-refractivity contribution in [2.24, 2.45) is 17.3 Å². The van der Waals surface area contributed by atoms with Crippen molar-refractivity contribution in [3.63, 3.8) is 0 Å². The molecule has 0 heterocycles. The smallest absolute Gasteiger partial charge is 0.307 e. The number of carbonyl (C=O) groups is 2. The van der Waals surface area contributed by atoms with Gasteiger partial charge in [-0.2, -0.15) is 0 Å². The number of carboxylic acid groups (broad SMARTS) is 1. The molecule has 3 atom stereocenters. The number of benzene rings is 1. The zero-order chi connectivity index (χ0) is 14.9. The molecule has 1 aliphatic rings. The molecule has 108 valence electrons. The first-order valence-corrected chi connectivity index (χ1v) is 6.91. The van der Waals surface area contributed by atoms with Crippen molar-refractivity contribution in [1.82, 2.24) is 5.32 Å². The van der Waals surface area contributed by atoms with E-state index in [2.05, 4.69) is 5.32 Å². The lowest BCUT2D eigenvalue weighted by Crippen LogP contribution is -2.30. The standard InChI is InChI=1S/C16H21NO3/c1-10(11-7-5-4-6-8-11)9-17-14(18)12-13(15(19)20)16(12,2)3/h4-8,10,12-13H,9H2,1-3H3,(H,17,18)(H,19,20)/t10?,12-,13+/m0/s1. The number of hydrogen-bond acceptors (Lipinski definition) is 2. The topological polar surface area (TPSA) is 66.4 Å². The molecule has 0 bridgehead atoms. The first-order chi connectivity index (χ1) is 9.35. The third-order valence-electron chi connectivity index (χ3n) is 4.33. The summed E-state index contributed by atoms with van der Waals surface area (Å²) < 4.78 is 0.